The molecule has 2 aliphatic rings. The fourth-order valence-electron chi connectivity index (χ4n) is 3.00. The molecule has 0 saturated carbocycles. The Labute approximate surface area is 109 Å². The molecule has 2 saturated heterocycles. The number of rotatable bonds is 2. The lowest BCUT2D eigenvalue weighted by Crippen LogP contribution is -2.51. The van der Waals surface area contributed by atoms with Crippen molar-refractivity contribution in [2.45, 2.75) is 33.1 Å². The summed E-state index contributed by atoms with van der Waals surface area (Å²) in [6, 6.07) is 0. The molecule has 1 atom stereocenters. The van der Waals surface area contributed by atoms with Gasteiger partial charge >= 0.3 is 0 Å². The van der Waals surface area contributed by atoms with Crippen LogP contribution in [0.25, 0.3) is 0 Å². The van der Waals surface area contributed by atoms with E-state index in [2.05, 4.69) is 34.4 Å². The van der Waals surface area contributed by atoms with Gasteiger partial charge in [0.1, 0.15) is 0 Å². The number of hydrogen-bond acceptors (Lipinski definition) is 2. The third-order valence-electron chi connectivity index (χ3n) is 3.80. The Hall–Kier alpha value is -1.26. The van der Waals surface area contributed by atoms with Crippen molar-refractivity contribution in [2.24, 2.45) is 10.4 Å². The van der Waals surface area contributed by atoms with Gasteiger partial charge in [0.05, 0.1) is 0 Å². The summed E-state index contributed by atoms with van der Waals surface area (Å²) < 4.78 is 0. The number of carbonyl (C=O) groups is 1. The van der Waals surface area contributed by atoms with E-state index in [-0.39, 0.29) is 11.3 Å². The zero-order valence-corrected chi connectivity index (χ0v) is 11.5. The minimum Gasteiger partial charge on any atom is -0.357 e. The van der Waals surface area contributed by atoms with Gasteiger partial charge in [-0.05, 0) is 26.7 Å². The standard InChI is InChI=1S/C13H24N4O/c1-3-14-12(15-4-2)17-7-5-6-13(10-17)8-11(18)16-9-13/h3-10H2,1-2H3,(H,14,15)(H,16,18). The molecule has 1 unspecified atom stereocenters. The van der Waals surface area contributed by atoms with Crippen LogP contribution in [0.15, 0.2) is 4.99 Å². The summed E-state index contributed by atoms with van der Waals surface area (Å²) in [6.07, 6.45) is 2.96. The van der Waals surface area contributed by atoms with Crippen LogP contribution in [0.5, 0.6) is 0 Å². The number of amides is 1. The van der Waals surface area contributed by atoms with E-state index >= 15 is 0 Å². The number of guanidine groups is 1. The molecule has 2 N–H and O–H groups in total. The van der Waals surface area contributed by atoms with Gasteiger partial charge in [-0.1, -0.05) is 0 Å². The molecular weight excluding hydrogens is 228 g/mol. The monoisotopic (exact) mass is 252 g/mol. The van der Waals surface area contributed by atoms with Crippen molar-refractivity contribution in [1.82, 2.24) is 15.5 Å². The predicted molar refractivity (Wildman–Crippen MR) is 72.5 cm³/mol. The van der Waals surface area contributed by atoms with Crippen LogP contribution in [0.3, 0.4) is 0 Å². The highest BCUT2D eigenvalue weighted by Crippen LogP contribution is 2.35. The zero-order chi connectivity index (χ0) is 13.0. The molecule has 2 aliphatic heterocycles. The minimum atomic E-state index is 0.138. The average Bonchev–Trinajstić information content (AvgIpc) is 2.70. The molecule has 5 nitrogen and oxygen atoms in total. The van der Waals surface area contributed by atoms with Crippen LogP contribution >= 0.6 is 0 Å². The molecule has 0 bridgehead atoms. The number of likely N-dealkylation sites (tertiary alicyclic amines) is 1. The van der Waals surface area contributed by atoms with Gasteiger partial charge in [0.2, 0.25) is 5.91 Å². The van der Waals surface area contributed by atoms with Gasteiger partial charge in [-0.3, -0.25) is 9.79 Å². The minimum absolute atomic E-state index is 0.138. The van der Waals surface area contributed by atoms with Crippen molar-refractivity contribution in [1.29, 1.82) is 0 Å². The van der Waals surface area contributed by atoms with Crippen LogP contribution in [-0.4, -0.2) is 49.5 Å². The lowest BCUT2D eigenvalue weighted by molar-refractivity contribution is -0.119. The van der Waals surface area contributed by atoms with E-state index < -0.39 is 0 Å². The lowest BCUT2D eigenvalue weighted by Gasteiger charge is -2.40. The van der Waals surface area contributed by atoms with Gasteiger partial charge in [-0.25, -0.2) is 0 Å². The van der Waals surface area contributed by atoms with Crippen molar-refractivity contribution in [3.63, 3.8) is 0 Å². The molecule has 2 fully saturated rings. The normalized spacial score (nSPS) is 28.7. The van der Waals surface area contributed by atoms with Crippen LogP contribution in [-0.2, 0) is 4.79 Å². The molecule has 1 amide bonds. The molecule has 0 aromatic carbocycles. The Bertz CT molecular complexity index is 342. The van der Waals surface area contributed by atoms with Crippen molar-refractivity contribution in [2.75, 3.05) is 32.7 Å². The number of aliphatic imine (C=N–C) groups is 1. The summed E-state index contributed by atoms with van der Waals surface area (Å²) in [5.74, 6) is 1.20. The van der Waals surface area contributed by atoms with Gasteiger partial charge in [0.15, 0.2) is 5.96 Å². The third kappa shape index (κ3) is 2.76. The van der Waals surface area contributed by atoms with E-state index in [4.69, 9.17) is 0 Å². The maximum absolute atomic E-state index is 11.5. The van der Waals surface area contributed by atoms with Crippen molar-refractivity contribution in [3.8, 4) is 0 Å². The first-order valence-corrected chi connectivity index (χ1v) is 6.99. The highest BCUT2D eigenvalue weighted by Gasteiger charge is 2.42. The van der Waals surface area contributed by atoms with Crippen molar-refractivity contribution < 1.29 is 4.79 Å². The van der Waals surface area contributed by atoms with Gasteiger partial charge in [0, 0.05) is 44.6 Å². The summed E-state index contributed by atoms with van der Waals surface area (Å²) >= 11 is 0. The molecule has 18 heavy (non-hydrogen) atoms. The Morgan fingerprint density at radius 1 is 1.56 bits per heavy atom. The van der Waals surface area contributed by atoms with E-state index in [1.54, 1.807) is 0 Å². The summed E-state index contributed by atoms with van der Waals surface area (Å²) in [5.41, 5.74) is 0.138. The highest BCUT2D eigenvalue weighted by molar-refractivity contribution is 5.81. The Morgan fingerprint density at radius 3 is 3.00 bits per heavy atom. The Morgan fingerprint density at radius 2 is 2.39 bits per heavy atom. The van der Waals surface area contributed by atoms with Gasteiger partial charge in [-0.15, -0.1) is 0 Å². The van der Waals surface area contributed by atoms with Crippen LogP contribution in [0, 0.1) is 5.41 Å². The molecule has 0 aromatic rings. The van der Waals surface area contributed by atoms with E-state index in [1.165, 1.54) is 0 Å². The first-order chi connectivity index (χ1) is 8.69. The smallest absolute Gasteiger partial charge is 0.220 e. The highest BCUT2D eigenvalue weighted by atomic mass is 16.1. The maximum Gasteiger partial charge on any atom is 0.220 e. The Balaban J connectivity index is 2.05. The molecule has 5 heteroatoms. The van der Waals surface area contributed by atoms with Gasteiger partial charge < -0.3 is 15.5 Å². The quantitative estimate of drug-likeness (QED) is 0.558. The summed E-state index contributed by atoms with van der Waals surface area (Å²) in [6.45, 7) is 8.64. The zero-order valence-electron chi connectivity index (χ0n) is 11.5. The van der Waals surface area contributed by atoms with Crippen LogP contribution in [0.2, 0.25) is 0 Å². The second-order valence-corrected chi connectivity index (χ2v) is 5.31. The van der Waals surface area contributed by atoms with Crippen molar-refractivity contribution >= 4 is 11.9 Å². The second kappa shape index (κ2) is 5.59. The summed E-state index contributed by atoms with van der Waals surface area (Å²) in [4.78, 5) is 18.3. The van der Waals surface area contributed by atoms with Gasteiger partial charge in [-0.2, -0.15) is 0 Å². The lowest BCUT2D eigenvalue weighted by atomic mass is 9.79. The molecule has 2 heterocycles. The van der Waals surface area contributed by atoms with E-state index in [9.17, 15) is 4.79 Å². The number of hydrogen-bond donors (Lipinski definition) is 2. The van der Waals surface area contributed by atoms with Crippen LogP contribution in [0.4, 0.5) is 0 Å². The van der Waals surface area contributed by atoms with Crippen LogP contribution < -0.4 is 10.6 Å². The van der Waals surface area contributed by atoms with Crippen LogP contribution in [0.1, 0.15) is 33.1 Å². The molecular formula is C13H24N4O. The molecule has 0 aromatic heterocycles. The number of piperidine rings is 1. The van der Waals surface area contributed by atoms with Crippen molar-refractivity contribution in [3.05, 3.63) is 0 Å². The molecule has 0 aliphatic carbocycles. The second-order valence-electron chi connectivity index (χ2n) is 5.31. The molecule has 102 valence electrons. The average molecular weight is 252 g/mol. The number of carbonyl (C=O) groups excluding carboxylic acids is 1. The fourth-order valence-corrected chi connectivity index (χ4v) is 3.00. The number of nitrogens with one attached hydrogen (secondary N) is 2. The van der Waals surface area contributed by atoms with E-state index in [1.807, 2.05) is 0 Å². The fraction of sp³-hybridized carbons (Fsp3) is 0.846. The first-order valence-electron chi connectivity index (χ1n) is 6.99. The van der Waals surface area contributed by atoms with Gasteiger partial charge in [0.25, 0.3) is 0 Å². The van der Waals surface area contributed by atoms with E-state index in [0.29, 0.717) is 6.42 Å². The summed E-state index contributed by atoms with van der Waals surface area (Å²) in [7, 11) is 0. The third-order valence-corrected chi connectivity index (χ3v) is 3.80. The molecule has 0 radical (unpaired) electrons. The predicted octanol–water partition coefficient (Wildman–Crippen LogP) is 0.574. The number of nitrogens with zero attached hydrogens (tertiary/aromatic N) is 2. The topological polar surface area (TPSA) is 56.7 Å². The molecule has 2 rings (SSSR count). The molecule has 1 spiro atoms. The maximum atomic E-state index is 11.5. The SMILES string of the molecule is CCN=C(NCC)N1CCCC2(CNC(=O)C2)C1. The summed E-state index contributed by atoms with van der Waals surface area (Å²) in [5, 5.41) is 6.32. The van der Waals surface area contributed by atoms with E-state index in [0.717, 1.165) is 51.5 Å². The Kier molecular flexibility index (Phi) is 4.09. The first kappa shape index (κ1) is 13.2. The largest absolute Gasteiger partial charge is 0.357 e.